The Kier molecular flexibility index (Phi) is 10.4. The van der Waals surface area contributed by atoms with Crippen LogP contribution in [0, 0.1) is 20.8 Å². The van der Waals surface area contributed by atoms with Crippen LogP contribution in [0.2, 0.25) is 0 Å². The molecule has 0 saturated heterocycles. The van der Waals surface area contributed by atoms with E-state index in [-0.39, 0.29) is 23.8 Å². The number of nitrogens with zero attached hydrogens (tertiary/aromatic N) is 2. The summed E-state index contributed by atoms with van der Waals surface area (Å²) in [4.78, 5) is 29.4. The van der Waals surface area contributed by atoms with Gasteiger partial charge in [-0.05, 0) is 73.4 Å². The van der Waals surface area contributed by atoms with Crippen molar-refractivity contribution in [3.8, 4) is 0 Å². The Balaban J connectivity index is 1.82. The molecular weight excluding hydrogens is 626 g/mol. The van der Waals surface area contributed by atoms with E-state index in [0.717, 1.165) is 32.3 Å². The van der Waals surface area contributed by atoms with E-state index in [1.807, 2.05) is 81.4 Å². The number of aryl methyl sites for hydroxylation is 2. The number of benzene rings is 4. The number of anilines is 1. The van der Waals surface area contributed by atoms with Crippen molar-refractivity contribution in [3.63, 3.8) is 0 Å². The molecule has 0 heterocycles. The van der Waals surface area contributed by atoms with E-state index >= 15 is 0 Å². The highest BCUT2D eigenvalue weighted by Crippen LogP contribution is 2.29. The Bertz CT molecular complexity index is 1690. The molecule has 0 aromatic heterocycles. The molecule has 7 nitrogen and oxygen atoms in total. The van der Waals surface area contributed by atoms with Gasteiger partial charge in [0.1, 0.15) is 12.6 Å². The van der Waals surface area contributed by atoms with Gasteiger partial charge in [0.05, 0.1) is 10.6 Å². The van der Waals surface area contributed by atoms with E-state index in [1.165, 1.54) is 16.3 Å². The van der Waals surface area contributed by atoms with Gasteiger partial charge in [-0.15, -0.1) is 0 Å². The third-order valence-electron chi connectivity index (χ3n) is 7.49. The largest absolute Gasteiger partial charge is 0.357 e. The summed E-state index contributed by atoms with van der Waals surface area (Å²) < 4.78 is 30.4. The molecule has 0 bridgehead atoms. The fourth-order valence-corrected chi connectivity index (χ4v) is 6.83. The molecule has 0 spiro atoms. The number of hydrogen-bond acceptors (Lipinski definition) is 4. The first-order chi connectivity index (χ1) is 20.5. The number of sulfonamides is 1. The Hall–Kier alpha value is -3.95. The van der Waals surface area contributed by atoms with Gasteiger partial charge in [-0.3, -0.25) is 13.9 Å². The third kappa shape index (κ3) is 7.72. The zero-order valence-corrected chi connectivity index (χ0v) is 27.2. The average molecular weight is 663 g/mol. The fraction of sp³-hybridized carbons (Fsp3) is 0.235. The summed E-state index contributed by atoms with van der Waals surface area (Å²) in [7, 11) is -2.62. The quantitative estimate of drug-likeness (QED) is 0.215. The van der Waals surface area contributed by atoms with Gasteiger partial charge in [-0.2, -0.15) is 0 Å². The van der Waals surface area contributed by atoms with E-state index in [1.54, 1.807) is 36.4 Å². The van der Waals surface area contributed by atoms with Crippen LogP contribution < -0.4 is 9.62 Å². The van der Waals surface area contributed by atoms with Gasteiger partial charge in [0, 0.05) is 24.5 Å². The molecule has 4 aromatic carbocycles. The summed E-state index contributed by atoms with van der Waals surface area (Å²) in [5, 5.41) is 2.71. The van der Waals surface area contributed by atoms with Gasteiger partial charge in [-0.25, -0.2) is 8.42 Å². The molecule has 2 amide bonds. The van der Waals surface area contributed by atoms with Crippen molar-refractivity contribution < 1.29 is 18.0 Å². The Morgan fingerprint density at radius 1 is 0.837 bits per heavy atom. The lowest BCUT2D eigenvalue weighted by atomic mass is 10.0. The number of halogens is 1. The predicted octanol–water partition coefficient (Wildman–Crippen LogP) is 5.96. The van der Waals surface area contributed by atoms with Crippen molar-refractivity contribution in [2.45, 2.75) is 44.7 Å². The molecule has 4 aromatic rings. The summed E-state index contributed by atoms with van der Waals surface area (Å²) in [6.07, 6.45) is 0.258. The second-order valence-corrected chi connectivity index (χ2v) is 13.3. The summed E-state index contributed by atoms with van der Waals surface area (Å²) in [6, 6.07) is 28.0. The molecule has 0 aliphatic heterocycles. The van der Waals surface area contributed by atoms with Crippen molar-refractivity contribution in [2.75, 3.05) is 17.9 Å². The molecule has 0 aliphatic carbocycles. The van der Waals surface area contributed by atoms with Crippen LogP contribution >= 0.6 is 15.9 Å². The summed E-state index contributed by atoms with van der Waals surface area (Å²) >= 11 is 3.49. The summed E-state index contributed by atoms with van der Waals surface area (Å²) in [6.45, 7) is 5.24. The molecule has 224 valence electrons. The lowest BCUT2D eigenvalue weighted by Crippen LogP contribution is -2.53. The van der Waals surface area contributed by atoms with Crippen LogP contribution in [0.25, 0.3) is 0 Å². The van der Waals surface area contributed by atoms with Gasteiger partial charge in [0.15, 0.2) is 0 Å². The third-order valence-corrected chi connectivity index (χ3v) is 9.76. The maximum absolute atomic E-state index is 14.4. The molecule has 0 saturated carbocycles. The lowest BCUT2D eigenvalue weighted by molar-refractivity contribution is -0.139. The van der Waals surface area contributed by atoms with Crippen LogP contribution in [0.1, 0.15) is 27.8 Å². The van der Waals surface area contributed by atoms with E-state index in [9.17, 15) is 18.0 Å². The monoisotopic (exact) mass is 661 g/mol. The van der Waals surface area contributed by atoms with Gasteiger partial charge in [0.2, 0.25) is 11.8 Å². The topological polar surface area (TPSA) is 86.8 Å². The minimum Gasteiger partial charge on any atom is -0.357 e. The molecule has 9 heteroatoms. The molecular formula is C34H36BrN3O4S. The van der Waals surface area contributed by atoms with Crippen molar-refractivity contribution in [3.05, 3.63) is 129 Å². The van der Waals surface area contributed by atoms with Crippen LogP contribution in [0.5, 0.6) is 0 Å². The normalized spacial score (nSPS) is 11.9. The Labute approximate surface area is 262 Å². The molecule has 0 unspecified atom stereocenters. The summed E-state index contributed by atoms with van der Waals surface area (Å²) in [5.74, 6) is -0.840. The number of likely N-dealkylation sites (N-methyl/N-ethyl adjacent to an activating group) is 1. The predicted molar refractivity (Wildman–Crippen MR) is 174 cm³/mol. The molecule has 1 N–H and O–H groups in total. The Morgan fingerprint density at radius 3 is 2.14 bits per heavy atom. The number of carbonyl (C=O) groups excluding carboxylic acids is 2. The highest BCUT2D eigenvalue weighted by atomic mass is 79.9. The van der Waals surface area contributed by atoms with Crippen LogP contribution in [0.3, 0.4) is 0 Å². The van der Waals surface area contributed by atoms with Crippen molar-refractivity contribution in [2.24, 2.45) is 0 Å². The second-order valence-electron chi connectivity index (χ2n) is 10.5. The first kappa shape index (κ1) is 32.0. The molecule has 43 heavy (non-hydrogen) atoms. The fourth-order valence-electron chi connectivity index (χ4n) is 4.91. The highest BCUT2D eigenvalue weighted by molar-refractivity contribution is 9.10. The van der Waals surface area contributed by atoms with Crippen LogP contribution in [0.15, 0.2) is 106 Å². The van der Waals surface area contributed by atoms with Crippen molar-refractivity contribution in [1.82, 2.24) is 10.2 Å². The molecule has 0 radical (unpaired) electrons. The zero-order chi connectivity index (χ0) is 31.1. The number of amides is 2. The number of nitrogens with one attached hydrogen (secondary N) is 1. The zero-order valence-electron chi connectivity index (χ0n) is 24.7. The Morgan fingerprint density at radius 2 is 1.49 bits per heavy atom. The van der Waals surface area contributed by atoms with E-state index in [0.29, 0.717) is 5.69 Å². The maximum atomic E-state index is 14.4. The highest BCUT2D eigenvalue weighted by Gasteiger charge is 2.35. The minimum absolute atomic E-state index is 0.0810. The van der Waals surface area contributed by atoms with Gasteiger partial charge < -0.3 is 10.2 Å². The number of rotatable bonds is 11. The van der Waals surface area contributed by atoms with Crippen molar-refractivity contribution in [1.29, 1.82) is 0 Å². The van der Waals surface area contributed by atoms with Gasteiger partial charge >= 0.3 is 0 Å². The van der Waals surface area contributed by atoms with Gasteiger partial charge in [0.25, 0.3) is 10.0 Å². The van der Waals surface area contributed by atoms with Crippen LogP contribution in [-0.2, 0) is 32.6 Å². The first-order valence-corrected chi connectivity index (χ1v) is 16.2. The van der Waals surface area contributed by atoms with Crippen LogP contribution in [-0.4, -0.2) is 44.8 Å². The molecule has 1 atom stereocenters. The number of hydrogen-bond donors (Lipinski definition) is 1. The standard InChI is InChI=1S/C34H36BrN3O4S/c1-24-16-18-30(19-17-24)43(41,42)38(31-15-8-10-25(2)26(31)3)23-33(39)37(22-28-13-9-14-29(35)20-28)32(34(40)36-4)21-27-11-6-5-7-12-27/h5-20,32H,21-23H2,1-4H3,(H,36,40)/t32-/m0/s1. The first-order valence-electron chi connectivity index (χ1n) is 14.0. The minimum atomic E-state index is -4.15. The SMILES string of the molecule is CNC(=O)[C@H](Cc1ccccc1)N(Cc1cccc(Br)c1)C(=O)CN(c1cccc(C)c1C)S(=O)(=O)c1ccc(C)cc1. The maximum Gasteiger partial charge on any atom is 0.264 e. The second kappa shape index (κ2) is 14.0. The lowest BCUT2D eigenvalue weighted by Gasteiger charge is -2.34. The number of carbonyl (C=O) groups is 2. The van der Waals surface area contributed by atoms with E-state index in [2.05, 4.69) is 21.2 Å². The van der Waals surface area contributed by atoms with Crippen LogP contribution in [0.4, 0.5) is 5.69 Å². The summed E-state index contributed by atoms with van der Waals surface area (Å²) in [5.41, 5.74) is 4.65. The molecule has 0 aliphatic rings. The average Bonchev–Trinajstić information content (AvgIpc) is 2.99. The molecule has 0 fully saturated rings. The van der Waals surface area contributed by atoms with E-state index in [4.69, 9.17) is 0 Å². The van der Waals surface area contributed by atoms with E-state index < -0.39 is 28.5 Å². The smallest absolute Gasteiger partial charge is 0.264 e. The van der Waals surface area contributed by atoms with Gasteiger partial charge in [-0.1, -0.05) is 88.2 Å². The molecule has 4 rings (SSSR count). The van der Waals surface area contributed by atoms with Crippen molar-refractivity contribution >= 4 is 43.5 Å².